The predicted molar refractivity (Wildman–Crippen MR) is 58.4 cm³/mol. The molecular weight excluding hydrogens is 232 g/mol. The third-order valence-corrected chi connectivity index (χ3v) is 1.92. The van der Waals surface area contributed by atoms with Gasteiger partial charge in [-0.15, -0.1) is 11.6 Å². The molecule has 0 unspecified atom stereocenters. The molecule has 1 aromatic rings. The molecule has 0 radical (unpaired) electrons. The summed E-state index contributed by atoms with van der Waals surface area (Å²) in [5.74, 6) is -1.17. The average Bonchev–Trinajstić information content (AvgIpc) is 2.35. The first-order chi connectivity index (χ1) is 7.74. The van der Waals surface area contributed by atoms with E-state index in [0.29, 0.717) is 5.56 Å². The fourth-order valence-corrected chi connectivity index (χ4v) is 1.06. The Morgan fingerprint density at radius 1 is 1.06 bits per heavy atom. The van der Waals surface area contributed by atoms with Gasteiger partial charge in [0.25, 0.3) is 0 Å². The van der Waals surface area contributed by atoms with E-state index in [1.165, 1.54) is 0 Å². The van der Waals surface area contributed by atoms with Crippen molar-refractivity contribution < 1.29 is 19.1 Å². The van der Waals surface area contributed by atoms with Gasteiger partial charge in [0.05, 0.1) is 5.56 Å². The fraction of sp³-hybridized carbons (Fsp3) is 0.273. The molecule has 0 aliphatic carbocycles. The summed E-state index contributed by atoms with van der Waals surface area (Å²) < 4.78 is 9.49. The second-order valence-corrected chi connectivity index (χ2v) is 3.12. The van der Waals surface area contributed by atoms with E-state index in [4.69, 9.17) is 16.3 Å². The van der Waals surface area contributed by atoms with E-state index < -0.39 is 11.9 Å². The van der Waals surface area contributed by atoms with Gasteiger partial charge in [-0.1, -0.05) is 18.2 Å². The predicted octanol–water partition coefficient (Wildman–Crippen LogP) is 1.63. The van der Waals surface area contributed by atoms with Crippen molar-refractivity contribution in [1.29, 1.82) is 0 Å². The molecule has 4 nitrogen and oxygen atoms in total. The van der Waals surface area contributed by atoms with Crippen molar-refractivity contribution in [3.8, 4) is 0 Å². The van der Waals surface area contributed by atoms with E-state index in [-0.39, 0.29) is 19.1 Å². The third-order valence-electron chi connectivity index (χ3n) is 1.70. The highest BCUT2D eigenvalue weighted by Gasteiger charge is 2.06. The Morgan fingerprint density at radius 2 is 1.69 bits per heavy atom. The zero-order chi connectivity index (χ0) is 11.8. The van der Waals surface area contributed by atoms with Crippen LogP contribution in [0.1, 0.15) is 10.4 Å². The quantitative estimate of drug-likeness (QED) is 0.447. The van der Waals surface area contributed by atoms with Gasteiger partial charge >= 0.3 is 11.9 Å². The van der Waals surface area contributed by atoms with Crippen LogP contribution in [0.5, 0.6) is 0 Å². The molecule has 0 fully saturated rings. The topological polar surface area (TPSA) is 52.6 Å². The minimum atomic E-state index is -0.530. The largest absolute Gasteiger partial charge is 0.461 e. The highest BCUT2D eigenvalue weighted by molar-refractivity contribution is 6.26. The van der Waals surface area contributed by atoms with Gasteiger partial charge in [-0.2, -0.15) is 0 Å². The van der Waals surface area contributed by atoms with Crippen molar-refractivity contribution in [2.24, 2.45) is 0 Å². The van der Waals surface area contributed by atoms with Crippen molar-refractivity contribution in [3.05, 3.63) is 35.9 Å². The van der Waals surface area contributed by atoms with Crippen LogP contribution in [-0.2, 0) is 14.3 Å². The van der Waals surface area contributed by atoms with E-state index in [9.17, 15) is 9.59 Å². The van der Waals surface area contributed by atoms with Crippen molar-refractivity contribution in [3.63, 3.8) is 0 Å². The molecule has 0 aliphatic rings. The lowest BCUT2D eigenvalue weighted by molar-refractivity contribution is -0.141. The van der Waals surface area contributed by atoms with Crippen molar-refractivity contribution in [2.75, 3.05) is 19.1 Å². The van der Waals surface area contributed by atoms with Crippen LogP contribution in [0.3, 0.4) is 0 Å². The number of alkyl halides is 1. The van der Waals surface area contributed by atoms with Crippen LogP contribution in [0.4, 0.5) is 0 Å². The summed E-state index contributed by atoms with van der Waals surface area (Å²) in [4.78, 5) is 22.0. The van der Waals surface area contributed by atoms with Crippen LogP contribution < -0.4 is 0 Å². The van der Waals surface area contributed by atoms with E-state index >= 15 is 0 Å². The lowest BCUT2D eigenvalue weighted by Crippen LogP contribution is -2.14. The van der Waals surface area contributed by atoms with Gasteiger partial charge < -0.3 is 9.47 Å². The second kappa shape index (κ2) is 6.85. The molecule has 0 saturated carbocycles. The van der Waals surface area contributed by atoms with Gasteiger partial charge in [0.15, 0.2) is 0 Å². The van der Waals surface area contributed by atoms with Gasteiger partial charge in [-0.05, 0) is 12.1 Å². The second-order valence-electron chi connectivity index (χ2n) is 2.86. The van der Waals surface area contributed by atoms with Gasteiger partial charge in [0.1, 0.15) is 19.1 Å². The molecular formula is C11H11ClO4. The summed E-state index contributed by atoms with van der Waals surface area (Å²) in [6.07, 6.45) is 0. The van der Waals surface area contributed by atoms with Crippen LogP contribution in [-0.4, -0.2) is 31.0 Å². The molecule has 0 bridgehead atoms. The van der Waals surface area contributed by atoms with Crippen LogP contribution in [0.25, 0.3) is 0 Å². The number of hydrogen-bond acceptors (Lipinski definition) is 4. The summed E-state index contributed by atoms with van der Waals surface area (Å²) in [7, 11) is 0. The highest BCUT2D eigenvalue weighted by atomic mass is 35.5. The van der Waals surface area contributed by atoms with Crippen LogP contribution in [0, 0.1) is 0 Å². The smallest absolute Gasteiger partial charge is 0.338 e. The first-order valence-corrected chi connectivity index (χ1v) is 5.21. The number of ether oxygens (including phenoxy) is 2. The van der Waals surface area contributed by atoms with Crippen molar-refractivity contribution >= 4 is 23.5 Å². The van der Waals surface area contributed by atoms with E-state index in [1.54, 1.807) is 30.3 Å². The van der Waals surface area contributed by atoms with Crippen LogP contribution in [0.15, 0.2) is 30.3 Å². The van der Waals surface area contributed by atoms with Crippen LogP contribution >= 0.6 is 11.6 Å². The van der Waals surface area contributed by atoms with Crippen LogP contribution in [0.2, 0.25) is 0 Å². The maximum atomic E-state index is 11.4. The van der Waals surface area contributed by atoms with Crippen molar-refractivity contribution in [2.45, 2.75) is 0 Å². The molecule has 16 heavy (non-hydrogen) atoms. The number of benzene rings is 1. The molecule has 86 valence electrons. The van der Waals surface area contributed by atoms with E-state index in [2.05, 4.69) is 4.74 Å². The minimum absolute atomic E-state index is 0.0180. The van der Waals surface area contributed by atoms with Gasteiger partial charge in [-0.25, -0.2) is 4.79 Å². The van der Waals surface area contributed by atoms with Gasteiger partial charge in [-0.3, -0.25) is 4.79 Å². The van der Waals surface area contributed by atoms with Gasteiger partial charge in [0.2, 0.25) is 0 Å². The molecule has 0 saturated heterocycles. The number of hydrogen-bond donors (Lipinski definition) is 0. The average molecular weight is 243 g/mol. The summed E-state index contributed by atoms with van der Waals surface area (Å²) in [5, 5.41) is 0. The molecule has 0 aromatic heterocycles. The number of halogens is 1. The monoisotopic (exact) mass is 242 g/mol. The molecule has 0 spiro atoms. The minimum Gasteiger partial charge on any atom is -0.461 e. The van der Waals surface area contributed by atoms with Gasteiger partial charge in [0, 0.05) is 0 Å². The maximum absolute atomic E-state index is 11.4. The first kappa shape index (κ1) is 12.5. The number of esters is 2. The maximum Gasteiger partial charge on any atom is 0.338 e. The Hall–Kier alpha value is -1.55. The Kier molecular flexibility index (Phi) is 5.36. The zero-order valence-corrected chi connectivity index (χ0v) is 9.27. The third kappa shape index (κ3) is 4.31. The molecule has 0 amide bonds. The van der Waals surface area contributed by atoms with E-state index in [1.807, 2.05) is 0 Å². The standard InChI is InChI=1S/C11H11ClO4/c12-8-10(13)15-6-7-16-11(14)9-4-2-1-3-5-9/h1-5H,6-8H2. The lowest BCUT2D eigenvalue weighted by Gasteiger charge is -2.05. The molecule has 0 N–H and O–H groups in total. The number of rotatable bonds is 5. The molecule has 0 atom stereocenters. The normalized spacial score (nSPS) is 9.56. The summed E-state index contributed by atoms with van der Waals surface area (Å²) in [6, 6.07) is 8.58. The Bertz CT molecular complexity index is 350. The Morgan fingerprint density at radius 3 is 2.31 bits per heavy atom. The number of carbonyl (C=O) groups is 2. The molecule has 0 heterocycles. The lowest BCUT2D eigenvalue weighted by atomic mass is 10.2. The molecule has 1 rings (SSSR count). The summed E-state index contributed by atoms with van der Waals surface area (Å²) >= 11 is 5.21. The first-order valence-electron chi connectivity index (χ1n) is 4.68. The molecule has 5 heteroatoms. The Balaban J connectivity index is 2.24. The Labute approximate surface area is 98.1 Å². The van der Waals surface area contributed by atoms with Crippen molar-refractivity contribution in [1.82, 2.24) is 0 Å². The SMILES string of the molecule is O=C(CCl)OCCOC(=O)c1ccccc1. The molecule has 0 aliphatic heterocycles. The molecule has 1 aromatic carbocycles. The number of carbonyl (C=O) groups excluding carboxylic acids is 2. The fourth-order valence-electron chi connectivity index (χ4n) is 0.986. The summed E-state index contributed by atoms with van der Waals surface area (Å²) in [6.45, 7) is 0.0421. The summed E-state index contributed by atoms with van der Waals surface area (Å²) in [5.41, 5.74) is 0.464. The zero-order valence-electron chi connectivity index (χ0n) is 8.52. The highest BCUT2D eigenvalue weighted by Crippen LogP contribution is 2.00. The van der Waals surface area contributed by atoms with E-state index in [0.717, 1.165) is 0 Å².